The van der Waals surface area contributed by atoms with E-state index >= 15 is 0 Å². The molecule has 2 heterocycles. The minimum Gasteiger partial charge on any atom is -0.437 e. The number of nitrogens with one attached hydrogen (secondary N) is 2. The van der Waals surface area contributed by atoms with Gasteiger partial charge in [0.15, 0.2) is 0 Å². The molecule has 0 unspecified atom stereocenters. The quantitative estimate of drug-likeness (QED) is 0.673. The summed E-state index contributed by atoms with van der Waals surface area (Å²) < 4.78 is 35.0. The van der Waals surface area contributed by atoms with Gasteiger partial charge in [-0.3, -0.25) is 0 Å². The fourth-order valence-corrected chi connectivity index (χ4v) is 2.08. The molecule has 0 radical (unpaired) electrons. The Morgan fingerprint density at radius 1 is 1.08 bits per heavy atom. The molecule has 0 aliphatic heterocycles. The van der Waals surface area contributed by atoms with E-state index in [0.717, 1.165) is 5.56 Å². The average Bonchev–Trinajstić information content (AvgIpc) is 3.06. The predicted molar refractivity (Wildman–Crippen MR) is 85.5 cm³/mol. The lowest BCUT2D eigenvalue weighted by Gasteiger charge is -2.11. The SMILES string of the molecule is FC(F)Oc1cc(NCc2ccccc2)nc(Oc2cc[nH]c2)c1. The zero-order valence-corrected chi connectivity index (χ0v) is 12.6. The number of halogens is 2. The van der Waals surface area contributed by atoms with Gasteiger partial charge in [0, 0.05) is 31.1 Å². The number of nitrogens with zero attached hydrogens (tertiary/aromatic N) is 1. The van der Waals surface area contributed by atoms with Crippen molar-refractivity contribution >= 4 is 5.82 Å². The van der Waals surface area contributed by atoms with Crippen molar-refractivity contribution in [1.29, 1.82) is 0 Å². The van der Waals surface area contributed by atoms with E-state index in [0.29, 0.717) is 18.1 Å². The normalized spacial score (nSPS) is 10.6. The van der Waals surface area contributed by atoms with E-state index in [1.807, 2.05) is 30.3 Å². The first-order valence-corrected chi connectivity index (χ1v) is 7.24. The van der Waals surface area contributed by atoms with Crippen LogP contribution in [0.5, 0.6) is 17.4 Å². The predicted octanol–water partition coefficient (Wildman–Crippen LogP) is 4.42. The number of aromatic nitrogens is 2. The maximum Gasteiger partial charge on any atom is 0.387 e. The molecular formula is C17H15F2N3O2. The van der Waals surface area contributed by atoms with Crippen molar-refractivity contribution < 1.29 is 18.3 Å². The van der Waals surface area contributed by atoms with Crippen LogP contribution in [0.1, 0.15) is 5.56 Å². The van der Waals surface area contributed by atoms with Crippen LogP contribution < -0.4 is 14.8 Å². The van der Waals surface area contributed by atoms with E-state index in [2.05, 4.69) is 20.0 Å². The number of alkyl halides is 2. The summed E-state index contributed by atoms with van der Waals surface area (Å²) in [6, 6.07) is 14.1. The van der Waals surface area contributed by atoms with Gasteiger partial charge in [0.2, 0.25) is 5.88 Å². The van der Waals surface area contributed by atoms with Gasteiger partial charge in [0.25, 0.3) is 0 Å². The van der Waals surface area contributed by atoms with Gasteiger partial charge in [-0.1, -0.05) is 30.3 Å². The monoisotopic (exact) mass is 331 g/mol. The summed E-state index contributed by atoms with van der Waals surface area (Å²) in [6.07, 6.45) is 3.31. The fraction of sp³-hybridized carbons (Fsp3) is 0.118. The van der Waals surface area contributed by atoms with E-state index in [-0.39, 0.29) is 11.6 Å². The van der Waals surface area contributed by atoms with Crippen molar-refractivity contribution in [2.45, 2.75) is 13.2 Å². The smallest absolute Gasteiger partial charge is 0.387 e. The molecule has 5 nitrogen and oxygen atoms in total. The first-order valence-electron chi connectivity index (χ1n) is 7.24. The largest absolute Gasteiger partial charge is 0.437 e. The van der Waals surface area contributed by atoms with Crippen LogP contribution in [0.3, 0.4) is 0 Å². The number of aromatic amines is 1. The summed E-state index contributed by atoms with van der Waals surface area (Å²) >= 11 is 0. The minimum atomic E-state index is -2.92. The summed E-state index contributed by atoms with van der Waals surface area (Å²) in [5, 5.41) is 3.07. The summed E-state index contributed by atoms with van der Waals surface area (Å²) in [7, 11) is 0. The number of H-pyrrole nitrogens is 1. The molecule has 0 aliphatic rings. The molecule has 2 N–H and O–H groups in total. The summed E-state index contributed by atoms with van der Waals surface area (Å²) in [4.78, 5) is 7.10. The van der Waals surface area contributed by atoms with Gasteiger partial charge >= 0.3 is 6.61 Å². The maximum atomic E-state index is 12.5. The molecule has 7 heteroatoms. The highest BCUT2D eigenvalue weighted by Crippen LogP contribution is 2.27. The molecule has 0 saturated heterocycles. The number of hydrogen-bond acceptors (Lipinski definition) is 4. The van der Waals surface area contributed by atoms with Gasteiger partial charge in [-0.25, -0.2) is 0 Å². The van der Waals surface area contributed by atoms with Crippen LogP contribution in [0, 0.1) is 0 Å². The molecule has 2 aromatic heterocycles. The molecule has 3 aromatic rings. The van der Waals surface area contributed by atoms with Gasteiger partial charge < -0.3 is 19.8 Å². The Morgan fingerprint density at radius 3 is 2.62 bits per heavy atom. The van der Waals surface area contributed by atoms with Crippen LogP contribution in [-0.2, 0) is 6.54 Å². The molecule has 0 amide bonds. The van der Waals surface area contributed by atoms with E-state index in [4.69, 9.17) is 4.74 Å². The van der Waals surface area contributed by atoms with Gasteiger partial charge in [-0.2, -0.15) is 13.8 Å². The van der Waals surface area contributed by atoms with Crippen LogP contribution in [0.15, 0.2) is 60.9 Å². The van der Waals surface area contributed by atoms with Crippen molar-refractivity contribution in [2.75, 3.05) is 5.32 Å². The Labute approximate surface area is 137 Å². The molecule has 0 saturated carbocycles. The van der Waals surface area contributed by atoms with E-state index in [9.17, 15) is 8.78 Å². The van der Waals surface area contributed by atoms with Gasteiger partial charge in [-0.15, -0.1) is 0 Å². The fourth-order valence-electron chi connectivity index (χ4n) is 2.08. The molecule has 124 valence electrons. The summed E-state index contributed by atoms with van der Waals surface area (Å²) in [5.41, 5.74) is 1.03. The first kappa shape index (κ1) is 15.8. The molecule has 1 aromatic carbocycles. The van der Waals surface area contributed by atoms with Crippen molar-refractivity contribution in [2.24, 2.45) is 0 Å². The van der Waals surface area contributed by atoms with E-state index < -0.39 is 6.61 Å². The molecular weight excluding hydrogens is 316 g/mol. The highest BCUT2D eigenvalue weighted by molar-refractivity contribution is 5.46. The third-order valence-electron chi connectivity index (χ3n) is 3.11. The highest BCUT2D eigenvalue weighted by atomic mass is 19.3. The molecule has 0 aliphatic carbocycles. The highest BCUT2D eigenvalue weighted by Gasteiger charge is 2.10. The molecule has 0 spiro atoms. The third-order valence-corrected chi connectivity index (χ3v) is 3.11. The lowest BCUT2D eigenvalue weighted by Crippen LogP contribution is -2.05. The Hall–Kier alpha value is -3.09. The average molecular weight is 331 g/mol. The Kier molecular flexibility index (Phi) is 4.90. The van der Waals surface area contributed by atoms with Crippen LogP contribution in [-0.4, -0.2) is 16.6 Å². The van der Waals surface area contributed by atoms with Gasteiger partial charge in [0.1, 0.15) is 17.3 Å². The molecule has 0 bridgehead atoms. The van der Waals surface area contributed by atoms with Crippen LogP contribution in [0.2, 0.25) is 0 Å². The lowest BCUT2D eigenvalue weighted by atomic mass is 10.2. The Morgan fingerprint density at radius 2 is 1.92 bits per heavy atom. The van der Waals surface area contributed by atoms with Crippen molar-refractivity contribution in [3.05, 3.63) is 66.5 Å². The first-order chi connectivity index (χ1) is 11.7. The summed E-state index contributed by atoms with van der Waals surface area (Å²) in [6.45, 7) is -2.43. The van der Waals surface area contributed by atoms with Crippen LogP contribution in [0.25, 0.3) is 0 Å². The number of ether oxygens (including phenoxy) is 2. The number of pyridine rings is 1. The Bertz CT molecular complexity index is 765. The van der Waals surface area contributed by atoms with E-state index in [1.54, 1.807) is 18.5 Å². The van der Waals surface area contributed by atoms with Gasteiger partial charge in [-0.05, 0) is 11.6 Å². The zero-order valence-electron chi connectivity index (χ0n) is 12.6. The molecule has 0 atom stereocenters. The van der Waals surface area contributed by atoms with Crippen LogP contribution >= 0.6 is 0 Å². The summed E-state index contributed by atoms with van der Waals surface area (Å²) in [5.74, 6) is 1.03. The molecule has 24 heavy (non-hydrogen) atoms. The van der Waals surface area contributed by atoms with Crippen molar-refractivity contribution in [1.82, 2.24) is 9.97 Å². The second-order valence-electron chi connectivity index (χ2n) is 4.89. The topological polar surface area (TPSA) is 59.2 Å². The number of benzene rings is 1. The second-order valence-corrected chi connectivity index (χ2v) is 4.89. The van der Waals surface area contributed by atoms with Crippen molar-refractivity contribution in [3.63, 3.8) is 0 Å². The van der Waals surface area contributed by atoms with E-state index in [1.165, 1.54) is 12.1 Å². The standard InChI is InChI=1S/C17H15F2N3O2/c18-17(19)24-14-8-15(21-10-12-4-2-1-3-5-12)22-16(9-14)23-13-6-7-20-11-13/h1-9,11,17,20H,10H2,(H,21,22). The molecule has 3 rings (SSSR count). The van der Waals surface area contributed by atoms with Gasteiger partial charge in [0.05, 0.1) is 0 Å². The zero-order chi connectivity index (χ0) is 16.8. The number of anilines is 1. The maximum absolute atomic E-state index is 12.5. The van der Waals surface area contributed by atoms with Crippen LogP contribution in [0.4, 0.5) is 14.6 Å². The lowest BCUT2D eigenvalue weighted by molar-refractivity contribution is -0.0499. The second kappa shape index (κ2) is 7.45. The number of hydrogen-bond donors (Lipinski definition) is 2. The Balaban J connectivity index is 1.78. The third kappa shape index (κ3) is 4.45. The molecule has 0 fully saturated rings. The van der Waals surface area contributed by atoms with Crippen molar-refractivity contribution in [3.8, 4) is 17.4 Å². The number of rotatable bonds is 7. The minimum absolute atomic E-state index is 0.0268.